The van der Waals surface area contributed by atoms with E-state index in [0.717, 1.165) is 180 Å². The molecule has 0 aromatic rings. The molecule has 0 saturated heterocycles. The fraction of sp³-hybridized carbons (Fsp3) is 0.560. The Kier molecular flexibility index (Phi) is 75.6. The maximum Gasteiger partial charge on any atom is 0.472 e. The summed E-state index contributed by atoms with van der Waals surface area (Å²) in [5.41, 5.74) is 0. The molecule has 0 heterocycles. The number of hydrogen-bond donors (Lipinski definition) is 3. The second-order valence-corrected chi connectivity index (χ2v) is 29.1. The Morgan fingerprint density at radius 2 is 0.464 bits per heavy atom. The molecular weight excluding hydrogens is 1430 g/mol. The number of hydrogen-bond acceptors (Lipinski definition) is 15. The number of unbranched alkanes of at least 4 members (excludes halogenated alkanes) is 12. The second kappa shape index (κ2) is 80.4. The minimum absolute atomic E-state index is 0.0165. The predicted molar refractivity (Wildman–Crippen MR) is 454 cm³/mol. The summed E-state index contributed by atoms with van der Waals surface area (Å²) in [5.74, 6) is -2.39. The summed E-state index contributed by atoms with van der Waals surface area (Å²) in [7, 11) is -10.0. The molecule has 0 aliphatic rings. The molecule has 5 unspecified atom stereocenters. The average Bonchev–Trinajstić information content (AvgIpc) is 0.899. The van der Waals surface area contributed by atoms with Crippen LogP contribution in [0, 0.1) is 0 Å². The van der Waals surface area contributed by atoms with Crippen molar-refractivity contribution < 1.29 is 80.2 Å². The average molecular weight is 1570 g/mol. The summed E-state index contributed by atoms with van der Waals surface area (Å²) in [6.45, 7) is 4.21. The first-order valence-electron chi connectivity index (χ1n) is 41.0. The van der Waals surface area contributed by atoms with Gasteiger partial charge in [0.2, 0.25) is 0 Å². The molecule has 0 amide bonds. The Bertz CT molecular complexity index is 2950. The van der Waals surface area contributed by atoms with Crippen molar-refractivity contribution in [1.29, 1.82) is 0 Å². The smallest absolute Gasteiger partial charge is 0.462 e. The molecular formula is C91H142O17P2. The van der Waals surface area contributed by atoms with Gasteiger partial charge in [0.25, 0.3) is 0 Å². The molecule has 0 aromatic carbocycles. The molecule has 0 radical (unpaired) electrons. The number of esters is 4. The van der Waals surface area contributed by atoms with Gasteiger partial charge >= 0.3 is 39.5 Å². The predicted octanol–water partition coefficient (Wildman–Crippen LogP) is 24.4. The number of ether oxygens (including phenoxy) is 4. The molecule has 0 aliphatic carbocycles. The van der Waals surface area contributed by atoms with E-state index >= 15 is 0 Å². The Morgan fingerprint density at radius 3 is 0.764 bits per heavy atom. The highest BCUT2D eigenvalue weighted by molar-refractivity contribution is 7.47. The van der Waals surface area contributed by atoms with E-state index < -0.39 is 97.5 Å². The summed E-state index contributed by atoms with van der Waals surface area (Å²) in [6.07, 6.45) is 102. The van der Waals surface area contributed by atoms with Crippen LogP contribution in [0.1, 0.15) is 272 Å². The topological polar surface area (TPSA) is 237 Å². The summed E-state index contributed by atoms with van der Waals surface area (Å²) in [4.78, 5) is 73.1. The van der Waals surface area contributed by atoms with Gasteiger partial charge in [-0.25, -0.2) is 9.13 Å². The Morgan fingerprint density at radius 1 is 0.255 bits per heavy atom. The van der Waals surface area contributed by atoms with Crippen LogP contribution in [-0.2, 0) is 65.4 Å². The molecule has 0 fully saturated rings. The van der Waals surface area contributed by atoms with E-state index in [2.05, 4.69) is 222 Å². The van der Waals surface area contributed by atoms with Crippen molar-refractivity contribution in [2.75, 3.05) is 39.6 Å². The minimum atomic E-state index is -5.02. The molecule has 0 aliphatic heterocycles. The van der Waals surface area contributed by atoms with Crippen LogP contribution in [0.5, 0.6) is 0 Å². The van der Waals surface area contributed by atoms with Gasteiger partial charge in [0.05, 0.1) is 26.4 Å². The van der Waals surface area contributed by atoms with Crippen LogP contribution in [0.4, 0.5) is 0 Å². The molecule has 0 bridgehead atoms. The second-order valence-electron chi connectivity index (χ2n) is 26.2. The molecule has 618 valence electrons. The number of carbonyl (C=O) groups excluding carboxylic acids is 4. The Labute approximate surface area is 664 Å². The van der Waals surface area contributed by atoms with Crippen molar-refractivity contribution in [2.24, 2.45) is 0 Å². The number of phosphoric ester groups is 2. The van der Waals surface area contributed by atoms with Crippen molar-refractivity contribution in [3.05, 3.63) is 219 Å². The third-order valence-electron chi connectivity index (χ3n) is 15.9. The van der Waals surface area contributed by atoms with E-state index in [1.165, 1.54) is 0 Å². The first-order chi connectivity index (χ1) is 53.7. The molecule has 0 spiro atoms. The fourth-order valence-corrected chi connectivity index (χ4v) is 11.4. The lowest BCUT2D eigenvalue weighted by Crippen LogP contribution is -2.30. The summed E-state index contributed by atoms with van der Waals surface area (Å²) < 4.78 is 68.6. The number of allylic oxidation sites excluding steroid dienone is 36. The molecule has 19 heteroatoms. The SMILES string of the molecule is CC/C=C\C/C=C\C/C=C\C/C=C\C/C=C\C/C=C\CCC(=O)OCC(COP(=O)(O)OCC(O)COP(=O)(O)OCC(COC(=O)CCCCC/C=C\C/C=C\C/C=C\C/C=C\C/C=C\CC)OC(=O)CCCCCCCCC/C=C\C/C=C\C/C=C\CC)OC(=O)CCCC/C=C\C/C=C\C/C=C\C/C=C\CC. The van der Waals surface area contributed by atoms with Gasteiger partial charge < -0.3 is 33.8 Å². The van der Waals surface area contributed by atoms with Gasteiger partial charge in [-0.3, -0.25) is 37.3 Å². The number of rotatable bonds is 74. The van der Waals surface area contributed by atoms with Crippen molar-refractivity contribution in [1.82, 2.24) is 0 Å². The quantitative estimate of drug-likeness (QED) is 0.0169. The maximum absolute atomic E-state index is 13.1. The van der Waals surface area contributed by atoms with E-state index in [0.29, 0.717) is 38.5 Å². The molecule has 0 rings (SSSR count). The largest absolute Gasteiger partial charge is 0.472 e. The highest BCUT2D eigenvalue weighted by Gasteiger charge is 2.30. The van der Waals surface area contributed by atoms with Crippen LogP contribution in [0.25, 0.3) is 0 Å². The van der Waals surface area contributed by atoms with Gasteiger partial charge in [0, 0.05) is 25.7 Å². The third-order valence-corrected chi connectivity index (χ3v) is 17.8. The van der Waals surface area contributed by atoms with Gasteiger partial charge in [-0.15, -0.1) is 0 Å². The first kappa shape index (κ1) is 103. The van der Waals surface area contributed by atoms with Crippen LogP contribution in [0.3, 0.4) is 0 Å². The summed E-state index contributed by atoms with van der Waals surface area (Å²) in [6, 6.07) is 0. The Hall–Kier alpha value is -6.62. The lowest BCUT2D eigenvalue weighted by molar-refractivity contribution is -0.161. The highest BCUT2D eigenvalue weighted by Crippen LogP contribution is 2.45. The van der Waals surface area contributed by atoms with E-state index in [4.69, 9.17) is 37.0 Å². The van der Waals surface area contributed by atoms with Crippen molar-refractivity contribution >= 4 is 39.5 Å². The number of phosphoric acid groups is 2. The van der Waals surface area contributed by atoms with Crippen LogP contribution >= 0.6 is 15.6 Å². The first-order valence-corrected chi connectivity index (χ1v) is 44.0. The van der Waals surface area contributed by atoms with Crippen LogP contribution < -0.4 is 0 Å². The van der Waals surface area contributed by atoms with Gasteiger partial charge in [-0.2, -0.15) is 0 Å². The van der Waals surface area contributed by atoms with Crippen molar-refractivity contribution in [3.63, 3.8) is 0 Å². The molecule has 3 N–H and O–H groups in total. The third kappa shape index (κ3) is 79.5. The standard InChI is InChI=1S/C91H142O17P2/c1-5-9-13-17-21-25-29-33-37-40-42-45-48-51-55-59-63-67-71-75-88(93)101-81-86(107-90(95)77-73-69-65-61-57-53-47-36-32-28-24-20-16-12-8-4)83-105-109(97,98)103-79-85(92)80-104-110(99,100)106-84-87(108-91(96)78-74-70-66-62-58-54-50-44-39-35-31-27-23-19-15-11-7-3)82-102-89(94)76-72-68-64-60-56-52-49-46-43-41-38-34-30-26-22-18-14-10-6-2/h9-16,21-28,33-39,42-43,45-47,51-52,55-57,61,63,67,85-87,92H,5-8,17-20,29-32,40-41,44,48-50,53-54,58-60,62,64-66,68-84H2,1-4H3,(H,97,98)(H,99,100)/b13-9-,14-10-,15-11-,16-12-,25-21-,26-22-,27-23-,28-24-,37-33-,38-34-,39-35-,45-42-,46-43-,47-36-,55-51-,56-52-,61-57-,67-63-. The van der Waals surface area contributed by atoms with E-state index in [1.807, 2.05) is 24.3 Å². The number of carbonyl (C=O) groups is 4. The number of aliphatic hydroxyl groups excluding tert-OH is 1. The maximum atomic E-state index is 13.1. The monoisotopic (exact) mass is 1570 g/mol. The van der Waals surface area contributed by atoms with Crippen LogP contribution in [-0.4, -0.2) is 96.7 Å². The van der Waals surface area contributed by atoms with Crippen molar-refractivity contribution in [3.8, 4) is 0 Å². The highest BCUT2D eigenvalue weighted by atomic mass is 31.2. The van der Waals surface area contributed by atoms with E-state index in [1.54, 1.807) is 0 Å². The van der Waals surface area contributed by atoms with Crippen LogP contribution in [0.2, 0.25) is 0 Å². The lowest BCUT2D eigenvalue weighted by Gasteiger charge is -2.21. The lowest BCUT2D eigenvalue weighted by atomic mass is 10.1. The normalized spacial score (nSPS) is 14.9. The van der Waals surface area contributed by atoms with Gasteiger partial charge in [-0.05, 0) is 180 Å². The van der Waals surface area contributed by atoms with E-state index in [-0.39, 0.29) is 25.7 Å². The Balaban J connectivity index is 5.54. The number of aliphatic hydroxyl groups is 1. The molecule has 5 atom stereocenters. The summed E-state index contributed by atoms with van der Waals surface area (Å²) >= 11 is 0. The molecule has 17 nitrogen and oxygen atoms in total. The fourth-order valence-electron chi connectivity index (χ4n) is 9.86. The zero-order valence-electron chi connectivity index (χ0n) is 67.6. The molecule has 110 heavy (non-hydrogen) atoms. The molecule has 0 saturated carbocycles. The van der Waals surface area contributed by atoms with Gasteiger partial charge in [0.15, 0.2) is 12.2 Å². The van der Waals surface area contributed by atoms with Crippen LogP contribution in [0.15, 0.2) is 219 Å². The van der Waals surface area contributed by atoms with E-state index in [9.17, 15) is 43.2 Å². The molecule has 0 aromatic heterocycles. The minimum Gasteiger partial charge on any atom is -0.462 e. The van der Waals surface area contributed by atoms with Crippen molar-refractivity contribution in [2.45, 2.75) is 290 Å². The van der Waals surface area contributed by atoms with Gasteiger partial charge in [-0.1, -0.05) is 285 Å². The zero-order valence-corrected chi connectivity index (χ0v) is 69.4. The zero-order chi connectivity index (χ0) is 80.3. The summed E-state index contributed by atoms with van der Waals surface area (Å²) in [5, 5.41) is 10.7. The van der Waals surface area contributed by atoms with Gasteiger partial charge in [0.1, 0.15) is 19.3 Å².